The number of hydrogen-bond acceptors (Lipinski definition) is 3. The number of ether oxygens (including phenoxy) is 1. The van der Waals surface area contributed by atoms with Crippen molar-refractivity contribution in [2.24, 2.45) is 11.8 Å². The Bertz CT molecular complexity index is 726. The highest BCUT2D eigenvalue weighted by atomic mass is 16.5. The van der Waals surface area contributed by atoms with E-state index in [-0.39, 0.29) is 23.3 Å². The second-order valence-electron chi connectivity index (χ2n) is 8.56. The average Bonchev–Trinajstić information content (AvgIpc) is 3.18. The summed E-state index contributed by atoms with van der Waals surface area (Å²) in [4.78, 5) is 26.1. The Hall–Kier alpha value is -2.04. The Balaban J connectivity index is 1.37. The molecule has 3 fully saturated rings. The Labute approximate surface area is 155 Å². The molecule has 0 radical (unpaired) electrons. The first-order valence-electron chi connectivity index (χ1n) is 9.66. The number of carbonyl (C=O) groups excluding carboxylic acids is 2. The zero-order valence-electron chi connectivity index (χ0n) is 15.8. The summed E-state index contributed by atoms with van der Waals surface area (Å²) in [5, 5.41) is 2.78. The predicted octanol–water partition coefficient (Wildman–Crippen LogP) is 3.04. The molecule has 5 nitrogen and oxygen atoms in total. The third-order valence-electron chi connectivity index (χ3n) is 6.58. The molecule has 1 heterocycles. The van der Waals surface area contributed by atoms with Crippen LogP contribution >= 0.6 is 0 Å². The normalized spacial score (nSPS) is 32.0. The summed E-state index contributed by atoms with van der Waals surface area (Å²) in [5.74, 6) is 1.45. The molecule has 2 saturated carbocycles. The Kier molecular flexibility index (Phi) is 4.20. The lowest BCUT2D eigenvalue weighted by molar-refractivity contribution is -0.138. The van der Waals surface area contributed by atoms with Crippen LogP contribution in [0.3, 0.4) is 0 Å². The van der Waals surface area contributed by atoms with Crippen LogP contribution in [0, 0.1) is 11.8 Å². The lowest BCUT2D eigenvalue weighted by atomic mass is 9.79. The van der Waals surface area contributed by atoms with E-state index in [1.807, 2.05) is 0 Å². The Morgan fingerprint density at radius 2 is 2.08 bits per heavy atom. The molecule has 1 N–H and O–H groups in total. The number of carbonyl (C=O) groups is 2. The monoisotopic (exact) mass is 356 g/mol. The van der Waals surface area contributed by atoms with Crippen LogP contribution in [0.4, 0.5) is 4.79 Å². The van der Waals surface area contributed by atoms with Crippen molar-refractivity contribution in [3.05, 3.63) is 35.4 Å². The molecule has 140 valence electrons. The number of piperidine rings is 1. The zero-order chi connectivity index (χ0) is 18.5. The summed E-state index contributed by atoms with van der Waals surface area (Å²) in [6.45, 7) is 6.18. The SMILES string of the molecule is COC(=O)N[C@H]1C[C@@H](C(=O)N2C[C@H]3C[C@@]3(c3cccc(C(C)C)c3)C2)C1. The minimum atomic E-state index is -0.410. The zero-order valence-corrected chi connectivity index (χ0v) is 15.8. The van der Waals surface area contributed by atoms with Gasteiger partial charge < -0.3 is 15.0 Å². The van der Waals surface area contributed by atoms with Crippen molar-refractivity contribution in [2.75, 3.05) is 20.2 Å². The van der Waals surface area contributed by atoms with Crippen molar-refractivity contribution in [3.8, 4) is 0 Å². The van der Waals surface area contributed by atoms with Crippen LogP contribution < -0.4 is 5.32 Å². The molecule has 3 aliphatic rings. The number of fused-ring (bicyclic) bond motifs is 1. The largest absolute Gasteiger partial charge is 0.453 e. The van der Waals surface area contributed by atoms with Crippen molar-refractivity contribution in [1.82, 2.24) is 10.2 Å². The van der Waals surface area contributed by atoms with E-state index in [1.165, 1.54) is 24.7 Å². The Morgan fingerprint density at radius 3 is 2.77 bits per heavy atom. The van der Waals surface area contributed by atoms with E-state index in [0.717, 1.165) is 25.9 Å². The van der Waals surface area contributed by atoms with E-state index in [1.54, 1.807) is 0 Å². The second kappa shape index (κ2) is 6.29. The summed E-state index contributed by atoms with van der Waals surface area (Å²) >= 11 is 0. The van der Waals surface area contributed by atoms with Gasteiger partial charge in [-0.15, -0.1) is 0 Å². The maximum atomic E-state index is 12.8. The molecule has 1 aliphatic heterocycles. The van der Waals surface area contributed by atoms with Gasteiger partial charge in [0.25, 0.3) is 0 Å². The van der Waals surface area contributed by atoms with Crippen molar-refractivity contribution in [3.63, 3.8) is 0 Å². The van der Waals surface area contributed by atoms with Gasteiger partial charge in [0.15, 0.2) is 0 Å². The first-order chi connectivity index (χ1) is 12.4. The molecule has 4 rings (SSSR count). The number of nitrogens with one attached hydrogen (secondary N) is 1. The number of alkyl carbamates (subject to hydrolysis) is 1. The van der Waals surface area contributed by atoms with Crippen LogP contribution in [-0.4, -0.2) is 43.1 Å². The van der Waals surface area contributed by atoms with Crippen LogP contribution in [0.15, 0.2) is 24.3 Å². The van der Waals surface area contributed by atoms with Gasteiger partial charge in [-0.25, -0.2) is 4.79 Å². The lowest BCUT2D eigenvalue weighted by Crippen LogP contribution is -2.50. The van der Waals surface area contributed by atoms with Crippen LogP contribution in [-0.2, 0) is 14.9 Å². The van der Waals surface area contributed by atoms with Gasteiger partial charge in [0, 0.05) is 30.5 Å². The minimum Gasteiger partial charge on any atom is -0.453 e. The van der Waals surface area contributed by atoms with Crippen LogP contribution in [0.5, 0.6) is 0 Å². The summed E-state index contributed by atoms with van der Waals surface area (Å²) in [6.07, 6.45) is 2.25. The average molecular weight is 356 g/mol. The first-order valence-corrected chi connectivity index (χ1v) is 9.66. The molecule has 0 unspecified atom stereocenters. The molecule has 1 saturated heterocycles. The number of likely N-dealkylation sites (tertiary alicyclic amines) is 1. The van der Waals surface area contributed by atoms with E-state index in [2.05, 4.69) is 53.1 Å². The van der Waals surface area contributed by atoms with Gasteiger partial charge in [0.05, 0.1) is 7.11 Å². The maximum absolute atomic E-state index is 12.8. The topological polar surface area (TPSA) is 58.6 Å². The predicted molar refractivity (Wildman–Crippen MR) is 98.9 cm³/mol. The van der Waals surface area contributed by atoms with Gasteiger partial charge in [0.2, 0.25) is 5.91 Å². The van der Waals surface area contributed by atoms with Gasteiger partial charge in [-0.05, 0) is 42.2 Å². The van der Waals surface area contributed by atoms with Crippen LogP contribution in [0.25, 0.3) is 0 Å². The van der Waals surface area contributed by atoms with Crippen molar-refractivity contribution in [2.45, 2.75) is 50.5 Å². The highest BCUT2D eigenvalue weighted by Gasteiger charge is 2.62. The first kappa shape index (κ1) is 17.4. The molecule has 1 aromatic carbocycles. The fraction of sp³-hybridized carbons (Fsp3) is 0.619. The van der Waals surface area contributed by atoms with Crippen LogP contribution in [0.1, 0.15) is 50.2 Å². The third kappa shape index (κ3) is 2.87. The number of methoxy groups -OCH3 is 1. The second-order valence-corrected chi connectivity index (χ2v) is 8.56. The molecular formula is C21H28N2O3. The maximum Gasteiger partial charge on any atom is 0.407 e. The molecule has 2 atom stereocenters. The lowest BCUT2D eigenvalue weighted by Gasteiger charge is -2.37. The Morgan fingerprint density at radius 1 is 1.31 bits per heavy atom. The number of amides is 2. The summed E-state index contributed by atoms with van der Waals surface area (Å²) in [7, 11) is 1.36. The smallest absolute Gasteiger partial charge is 0.407 e. The van der Waals surface area contributed by atoms with Gasteiger partial charge in [-0.3, -0.25) is 4.79 Å². The van der Waals surface area contributed by atoms with Crippen molar-refractivity contribution >= 4 is 12.0 Å². The molecule has 5 heteroatoms. The van der Waals surface area contributed by atoms with Crippen molar-refractivity contribution in [1.29, 1.82) is 0 Å². The van der Waals surface area contributed by atoms with E-state index >= 15 is 0 Å². The van der Waals surface area contributed by atoms with Gasteiger partial charge in [0.1, 0.15) is 0 Å². The number of rotatable bonds is 4. The third-order valence-corrected chi connectivity index (χ3v) is 6.58. The van der Waals surface area contributed by atoms with E-state index < -0.39 is 6.09 Å². The number of benzene rings is 1. The van der Waals surface area contributed by atoms with Crippen molar-refractivity contribution < 1.29 is 14.3 Å². The summed E-state index contributed by atoms with van der Waals surface area (Å²) in [5.41, 5.74) is 2.97. The highest BCUT2D eigenvalue weighted by Crippen LogP contribution is 2.59. The number of hydrogen-bond donors (Lipinski definition) is 1. The van der Waals surface area contributed by atoms with E-state index in [0.29, 0.717) is 11.8 Å². The summed E-state index contributed by atoms with van der Waals surface area (Å²) in [6, 6.07) is 9.01. The van der Waals surface area contributed by atoms with E-state index in [9.17, 15) is 9.59 Å². The molecular weight excluding hydrogens is 328 g/mol. The summed E-state index contributed by atoms with van der Waals surface area (Å²) < 4.78 is 4.62. The van der Waals surface area contributed by atoms with Gasteiger partial charge >= 0.3 is 6.09 Å². The quantitative estimate of drug-likeness (QED) is 0.902. The van der Waals surface area contributed by atoms with E-state index in [4.69, 9.17) is 0 Å². The fourth-order valence-corrected chi connectivity index (χ4v) is 4.73. The number of nitrogens with zero attached hydrogens (tertiary/aromatic N) is 1. The standard InChI is InChI=1S/C21H28N2O3/c1-13(2)14-5-4-6-16(7-14)21-10-17(21)11-23(12-21)19(24)15-8-18(9-15)22-20(25)26-3/h4-7,13,15,17-18H,8-12H2,1-3H3,(H,22,25)/t15-,17-,18+,21+/m1/s1. The van der Waals surface area contributed by atoms with Gasteiger partial charge in [-0.1, -0.05) is 38.1 Å². The molecule has 26 heavy (non-hydrogen) atoms. The van der Waals surface area contributed by atoms with Crippen LogP contribution in [0.2, 0.25) is 0 Å². The molecule has 2 aliphatic carbocycles. The minimum absolute atomic E-state index is 0.0497. The molecule has 0 bridgehead atoms. The van der Waals surface area contributed by atoms with Gasteiger partial charge in [-0.2, -0.15) is 0 Å². The highest BCUT2D eigenvalue weighted by molar-refractivity contribution is 5.81. The molecule has 0 aromatic heterocycles. The molecule has 0 spiro atoms. The molecule has 2 amide bonds. The fourth-order valence-electron chi connectivity index (χ4n) is 4.73. The molecule has 1 aromatic rings.